The molecule has 0 radical (unpaired) electrons. The van der Waals surface area contributed by atoms with E-state index in [1.165, 1.54) is 5.56 Å². The lowest BCUT2D eigenvalue weighted by Crippen LogP contribution is -2.23. The van der Waals surface area contributed by atoms with Gasteiger partial charge in [-0.2, -0.15) is 0 Å². The topological polar surface area (TPSA) is 81.1 Å². The second-order valence-electron chi connectivity index (χ2n) is 4.70. The number of hydrogen-bond acceptors (Lipinski definition) is 3. The molecule has 1 amide bonds. The smallest absolute Gasteiger partial charge is 0.253 e. The second kappa shape index (κ2) is 6.10. The highest BCUT2D eigenvalue weighted by Gasteiger charge is 2.09. The van der Waals surface area contributed by atoms with Crippen molar-refractivity contribution < 1.29 is 4.79 Å². The van der Waals surface area contributed by atoms with Crippen molar-refractivity contribution in [3.8, 4) is 0 Å². The highest BCUT2D eigenvalue weighted by atomic mass is 16.1. The summed E-state index contributed by atoms with van der Waals surface area (Å²) in [5.41, 5.74) is 15.1. The Balaban J connectivity index is 2.00. The number of amides is 1. The number of nitrogens with two attached hydrogens (primary N) is 2. The SMILES string of the molecule is CCc1ccc(CNC(=O)c2ccc(N)cc2N)cc1. The zero-order valence-corrected chi connectivity index (χ0v) is 11.5. The van der Waals surface area contributed by atoms with Gasteiger partial charge in [-0.25, -0.2) is 0 Å². The summed E-state index contributed by atoms with van der Waals surface area (Å²) in [6.07, 6.45) is 1.01. The van der Waals surface area contributed by atoms with E-state index < -0.39 is 0 Å². The first-order valence-electron chi connectivity index (χ1n) is 6.61. The van der Waals surface area contributed by atoms with Crippen molar-refractivity contribution in [3.63, 3.8) is 0 Å². The average molecular weight is 269 g/mol. The lowest BCUT2D eigenvalue weighted by Gasteiger charge is -2.08. The van der Waals surface area contributed by atoms with Crippen LogP contribution in [0.25, 0.3) is 0 Å². The highest BCUT2D eigenvalue weighted by Crippen LogP contribution is 2.15. The molecule has 5 N–H and O–H groups in total. The van der Waals surface area contributed by atoms with E-state index in [1.54, 1.807) is 18.2 Å². The van der Waals surface area contributed by atoms with Crippen molar-refractivity contribution in [2.75, 3.05) is 11.5 Å². The second-order valence-corrected chi connectivity index (χ2v) is 4.70. The number of nitrogens with one attached hydrogen (secondary N) is 1. The summed E-state index contributed by atoms with van der Waals surface area (Å²) in [6.45, 7) is 2.59. The fourth-order valence-electron chi connectivity index (χ4n) is 1.96. The third kappa shape index (κ3) is 3.29. The number of carbonyl (C=O) groups excluding carboxylic acids is 1. The largest absolute Gasteiger partial charge is 0.399 e. The molecule has 4 heteroatoms. The van der Waals surface area contributed by atoms with Gasteiger partial charge in [0, 0.05) is 17.9 Å². The Bertz CT molecular complexity index is 606. The Morgan fingerprint density at radius 1 is 1.05 bits per heavy atom. The Morgan fingerprint density at radius 3 is 2.30 bits per heavy atom. The van der Waals surface area contributed by atoms with E-state index in [0.717, 1.165) is 12.0 Å². The van der Waals surface area contributed by atoms with E-state index in [1.807, 2.05) is 12.1 Å². The zero-order chi connectivity index (χ0) is 14.5. The maximum absolute atomic E-state index is 12.0. The fourth-order valence-corrected chi connectivity index (χ4v) is 1.96. The predicted octanol–water partition coefficient (Wildman–Crippen LogP) is 2.34. The summed E-state index contributed by atoms with van der Waals surface area (Å²) in [5.74, 6) is -0.193. The molecule has 4 nitrogen and oxygen atoms in total. The van der Waals surface area contributed by atoms with Gasteiger partial charge < -0.3 is 16.8 Å². The molecular weight excluding hydrogens is 250 g/mol. The molecule has 0 unspecified atom stereocenters. The minimum absolute atomic E-state index is 0.193. The summed E-state index contributed by atoms with van der Waals surface area (Å²) in [6, 6.07) is 13.1. The number of rotatable bonds is 4. The van der Waals surface area contributed by atoms with Crippen LogP contribution in [0.1, 0.15) is 28.4 Å². The molecule has 2 rings (SSSR count). The quantitative estimate of drug-likeness (QED) is 0.745. The van der Waals surface area contributed by atoms with Gasteiger partial charge in [-0.3, -0.25) is 4.79 Å². The van der Waals surface area contributed by atoms with Crippen molar-refractivity contribution >= 4 is 17.3 Å². The van der Waals surface area contributed by atoms with E-state index in [2.05, 4.69) is 24.4 Å². The zero-order valence-electron chi connectivity index (χ0n) is 11.5. The first-order chi connectivity index (χ1) is 9.60. The molecule has 2 aromatic carbocycles. The molecular formula is C16H19N3O. The van der Waals surface area contributed by atoms with Crippen LogP contribution in [0.15, 0.2) is 42.5 Å². The molecule has 2 aromatic rings. The van der Waals surface area contributed by atoms with Crippen LogP contribution >= 0.6 is 0 Å². The molecule has 0 aliphatic carbocycles. The molecule has 0 aliphatic heterocycles. The molecule has 0 bridgehead atoms. The maximum Gasteiger partial charge on any atom is 0.253 e. The van der Waals surface area contributed by atoms with Gasteiger partial charge in [-0.05, 0) is 35.7 Å². The monoisotopic (exact) mass is 269 g/mol. The minimum Gasteiger partial charge on any atom is -0.399 e. The molecule has 0 fully saturated rings. The summed E-state index contributed by atoms with van der Waals surface area (Å²) in [4.78, 5) is 12.0. The Kier molecular flexibility index (Phi) is 4.25. The normalized spacial score (nSPS) is 10.2. The van der Waals surface area contributed by atoms with Gasteiger partial charge in [0.25, 0.3) is 5.91 Å². The molecule has 0 aromatic heterocycles. The summed E-state index contributed by atoms with van der Waals surface area (Å²) in [7, 11) is 0. The number of nitrogen functional groups attached to an aromatic ring is 2. The van der Waals surface area contributed by atoms with Crippen molar-refractivity contribution in [1.29, 1.82) is 0 Å². The molecule has 0 saturated heterocycles. The number of aryl methyl sites for hydroxylation is 1. The lowest BCUT2D eigenvalue weighted by atomic mass is 10.1. The summed E-state index contributed by atoms with van der Waals surface area (Å²) >= 11 is 0. The molecule has 0 heterocycles. The maximum atomic E-state index is 12.0. The summed E-state index contributed by atoms with van der Waals surface area (Å²) < 4.78 is 0. The van der Waals surface area contributed by atoms with Crippen molar-refractivity contribution in [2.24, 2.45) is 0 Å². The molecule has 0 atom stereocenters. The average Bonchev–Trinajstić information content (AvgIpc) is 2.45. The van der Waals surface area contributed by atoms with Gasteiger partial charge in [0.05, 0.1) is 5.56 Å². The molecule has 104 valence electrons. The third-order valence-corrected chi connectivity index (χ3v) is 3.20. The standard InChI is InChI=1S/C16H19N3O/c1-2-11-3-5-12(6-4-11)10-19-16(20)14-8-7-13(17)9-15(14)18/h3-9H,2,10,17-18H2,1H3,(H,19,20). The molecule has 20 heavy (non-hydrogen) atoms. The van der Waals surface area contributed by atoms with Gasteiger partial charge in [-0.1, -0.05) is 31.2 Å². The number of carbonyl (C=O) groups is 1. The van der Waals surface area contributed by atoms with Crippen molar-refractivity contribution in [3.05, 3.63) is 59.2 Å². The van der Waals surface area contributed by atoms with Crippen LogP contribution in [0.3, 0.4) is 0 Å². The molecule has 0 spiro atoms. The summed E-state index contributed by atoms with van der Waals surface area (Å²) in [5, 5.41) is 2.85. The first-order valence-corrected chi connectivity index (χ1v) is 6.61. The van der Waals surface area contributed by atoms with Crippen LogP contribution < -0.4 is 16.8 Å². The Labute approximate surface area is 118 Å². The third-order valence-electron chi connectivity index (χ3n) is 3.20. The van der Waals surface area contributed by atoms with Gasteiger partial charge in [-0.15, -0.1) is 0 Å². The number of benzene rings is 2. The van der Waals surface area contributed by atoms with Gasteiger partial charge in [0.15, 0.2) is 0 Å². The first kappa shape index (κ1) is 13.9. The van der Waals surface area contributed by atoms with Gasteiger partial charge >= 0.3 is 0 Å². The van der Waals surface area contributed by atoms with Crippen LogP contribution in [0.5, 0.6) is 0 Å². The lowest BCUT2D eigenvalue weighted by molar-refractivity contribution is 0.0952. The van der Waals surface area contributed by atoms with Crippen molar-refractivity contribution in [2.45, 2.75) is 19.9 Å². The Hall–Kier alpha value is -2.49. The predicted molar refractivity (Wildman–Crippen MR) is 82.3 cm³/mol. The molecule has 0 saturated carbocycles. The minimum atomic E-state index is -0.193. The van der Waals surface area contributed by atoms with Crippen LogP contribution in [0.2, 0.25) is 0 Å². The van der Waals surface area contributed by atoms with E-state index in [9.17, 15) is 4.79 Å². The van der Waals surface area contributed by atoms with Crippen LogP contribution in [0.4, 0.5) is 11.4 Å². The van der Waals surface area contributed by atoms with Crippen LogP contribution in [-0.2, 0) is 13.0 Å². The van der Waals surface area contributed by atoms with E-state index in [-0.39, 0.29) is 5.91 Å². The number of hydrogen-bond donors (Lipinski definition) is 3. The fraction of sp³-hybridized carbons (Fsp3) is 0.188. The Morgan fingerprint density at radius 2 is 1.70 bits per heavy atom. The van der Waals surface area contributed by atoms with Crippen molar-refractivity contribution in [1.82, 2.24) is 5.32 Å². The van der Waals surface area contributed by atoms with Crippen LogP contribution in [-0.4, -0.2) is 5.91 Å². The van der Waals surface area contributed by atoms with E-state index in [4.69, 9.17) is 11.5 Å². The highest BCUT2D eigenvalue weighted by molar-refractivity contribution is 5.99. The van der Waals surface area contributed by atoms with Crippen LogP contribution in [0, 0.1) is 0 Å². The van der Waals surface area contributed by atoms with Gasteiger partial charge in [0.2, 0.25) is 0 Å². The molecule has 0 aliphatic rings. The van der Waals surface area contributed by atoms with Gasteiger partial charge in [0.1, 0.15) is 0 Å². The van der Waals surface area contributed by atoms with E-state index >= 15 is 0 Å². The van der Waals surface area contributed by atoms with E-state index in [0.29, 0.717) is 23.5 Å². The number of anilines is 2.